The van der Waals surface area contributed by atoms with E-state index in [0.717, 1.165) is 0 Å². The van der Waals surface area contributed by atoms with Crippen molar-refractivity contribution >= 4 is 34.7 Å². The van der Waals surface area contributed by atoms with E-state index < -0.39 is 18.4 Å². The van der Waals surface area contributed by atoms with Gasteiger partial charge in [-0.25, -0.2) is 4.79 Å². The van der Waals surface area contributed by atoms with Gasteiger partial charge in [-0.1, -0.05) is 42.5 Å². The fourth-order valence-corrected chi connectivity index (χ4v) is 3.68. The van der Waals surface area contributed by atoms with Gasteiger partial charge in [0.1, 0.15) is 0 Å². The molecule has 0 unspecified atom stereocenters. The highest BCUT2D eigenvalue weighted by Crippen LogP contribution is 2.29. The third-order valence-electron chi connectivity index (χ3n) is 4.30. The van der Waals surface area contributed by atoms with Crippen LogP contribution in [0.3, 0.4) is 0 Å². The number of ketones is 3. The first kappa shape index (κ1) is 17.1. The zero-order valence-electron chi connectivity index (χ0n) is 13.9. The van der Waals surface area contributed by atoms with Gasteiger partial charge in [0.2, 0.25) is 5.78 Å². The van der Waals surface area contributed by atoms with Crippen molar-refractivity contribution in [2.75, 3.05) is 6.61 Å². The van der Waals surface area contributed by atoms with E-state index in [-0.39, 0.29) is 33.8 Å². The summed E-state index contributed by atoms with van der Waals surface area (Å²) in [6.45, 7) is -0.429. The normalized spacial score (nSPS) is 12.3. The standard InChI is InChI=1S/C21H12O5S/c22-16(17-9-4-10-27-17)11-26-21(25)15-8-3-7-14-18(15)20(24)13-6-2-1-5-12(13)19(14)23/h1-10H,11H2. The molecule has 0 saturated carbocycles. The van der Waals surface area contributed by atoms with Crippen LogP contribution in [0.1, 0.15) is 51.9 Å². The van der Waals surface area contributed by atoms with Crippen LogP contribution in [0.5, 0.6) is 0 Å². The Bertz CT molecular complexity index is 1100. The Morgan fingerprint density at radius 3 is 2.22 bits per heavy atom. The second-order valence-electron chi connectivity index (χ2n) is 5.91. The SMILES string of the molecule is O=C(COC(=O)c1cccc2c1C(=O)c1ccccc1C2=O)c1cccs1. The van der Waals surface area contributed by atoms with Crippen LogP contribution in [0.4, 0.5) is 0 Å². The fraction of sp³-hybridized carbons (Fsp3) is 0.0476. The molecule has 0 amide bonds. The number of carbonyl (C=O) groups is 4. The molecule has 0 saturated heterocycles. The van der Waals surface area contributed by atoms with Crippen molar-refractivity contribution in [3.63, 3.8) is 0 Å². The third-order valence-corrected chi connectivity index (χ3v) is 5.21. The van der Waals surface area contributed by atoms with E-state index in [4.69, 9.17) is 4.74 Å². The van der Waals surface area contributed by atoms with Crippen molar-refractivity contribution in [2.45, 2.75) is 0 Å². The lowest BCUT2D eigenvalue weighted by atomic mass is 9.82. The summed E-state index contributed by atoms with van der Waals surface area (Å²) in [6, 6.07) is 14.3. The van der Waals surface area contributed by atoms with E-state index in [0.29, 0.717) is 10.4 Å². The molecule has 4 rings (SSSR count). The molecule has 0 N–H and O–H groups in total. The molecular weight excluding hydrogens is 364 g/mol. The summed E-state index contributed by atoms with van der Waals surface area (Å²) in [6.07, 6.45) is 0. The van der Waals surface area contributed by atoms with Gasteiger partial charge < -0.3 is 4.74 Å². The maximum absolute atomic E-state index is 12.9. The summed E-state index contributed by atoms with van der Waals surface area (Å²) < 4.78 is 5.11. The largest absolute Gasteiger partial charge is 0.454 e. The van der Waals surface area contributed by atoms with Crippen molar-refractivity contribution in [1.82, 2.24) is 0 Å². The molecule has 0 fully saturated rings. The van der Waals surface area contributed by atoms with E-state index in [1.54, 1.807) is 41.8 Å². The smallest absolute Gasteiger partial charge is 0.339 e. The number of fused-ring (bicyclic) bond motifs is 2. The van der Waals surface area contributed by atoms with Crippen LogP contribution < -0.4 is 0 Å². The highest BCUT2D eigenvalue weighted by atomic mass is 32.1. The van der Waals surface area contributed by atoms with Gasteiger partial charge in [-0.15, -0.1) is 11.3 Å². The number of hydrogen-bond donors (Lipinski definition) is 0. The number of ether oxygens (including phenoxy) is 1. The lowest BCUT2D eigenvalue weighted by Gasteiger charge is -2.19. The van der Waals surface area contributed by atoms with Gasteiger partial charge >= 0.3 is 5.97 Å². The van der Waals surface area contributed by atoms with Gasteiger partial charge in [0.05, 0.1) is 10.4 Å². The summed E-state index contributed by atoms with van der Waals surface area (Å²) in [5, 5.41) is 1.75. The van der Waals surface area contributed by atoms with Crippen LogP contribution in [0.15, 0.2) is 60.0 Å². The predicted octanol–water partition coefficient (Wildman–Crippen LogP) is 3.56. The Kier molecular flexibility index (Phi) is 4.25. The summed E-state index contributed by atoms with van der Waals surface area (Å²) in [7, 11) is 0. The molecule has 0 spiro atoms. The van der Waals surface area contributed by atoms with Gasteiger partial charge in [0, 0.05) is 22.3 Å². The number of Topliss-reactive ketones (excluding diaryl/α,β-unsaturated/α-hetero) is 1. The maximum Gasteiger partial charge on any atom is 0.339 e. The molecule has 1 heterocycles. The second-order valence-corrected chi connectivity index (χ2v) is 6.86. The Morgan fingerprint density at radius 2 is 1.52 bits per heavy atom. The molecule has 1 aliphatic carbocycles. The Morgan fingerprint density at radius 1 is 0.815 bits per heavy atom. The molecule has 1 aliphatic rings. The predicted molar refractivity (Wildman–Crippen MR) is 98.7 cm³/mol. The van der Waals surface area contributed by atoms with Crippen LogP contribution in [0.25, 0.3) is 0 Å². The Labute approximate surface area is 158 Å². The van der Waals surface area contributed by atoms with Gasteiger partial charge in [-0.05, 0) is 17.5 Å². The Hall–Kier alpha value is -3.38. The maximum atomic E-state index is 12.9. The molecule has 1 aromatic heterocycles. The van der Waals surface area contributed by atoms with Crippen molar-refractivity contribution in [3.05, 3.63) is 92.7 Å². The average Bonchev–Trinajstić information content (AvgIpc) is 3.24. The van der Waals surface area contributed by atoms with E-state index in [1.807, 2.05) is 0 Å². The third kappa shape index (κ3) is 2.90. The number of benzene rings is 2. The molecule has 3 aromatic rings. The molecule has 6 heteroatoms. The summed E-state index contributed by atoms with van der Waals surface area (Å²) >= 11 is 1.25. The van der Waals surface area contributed by atoms with E-state index in [9.17, 15) is 19.2 Å². The molecule has 5 nitrogen and oxygen atoms in total. The number of esters is 1. The van der Waals surface area contributed by atoms with Crippen molar-refractivity contribution in [2.24, 2.45) is 0 Å². The minimum Gasteiger partial charge on any atom is -0.454 e. The minimum atomic E-state index is -0.808. The molecule has 132 valence electrons. The molecule has 0 radical (unpaired) electrons. The van der Waals surface area contributed by atoms with Gasteiger partial charge in [0.25, 0.3) is 0 Å². The summed E-state index contributed by atoms with van der Waals surface area (Å²) in [5.41, 5.74) is 0.741. The van der Waals surface area contributed by atoms with Gasteiger partial charge in [-0.3, -0.25) is 14.4 Å². The van der Waals surface area contributed by atoms with Crippen LogP contribution in [0, 0.1) is 0 Å². The molecule has 0 bridgehead atoms. The fourth-order valence-electron chi connectivity index (χ4n) is 3.03. The highest BCUT2D eigenvalue weighted by molar-refractivity contribution is 7.12. The van der Waals surface area contributed by atoms with E-state index in [2.05, 4.69) is 0 Å². The van der Waals surface area contributed by atoms with Gasteiger partial charge in [0.15, 0.2) is 18.2 Å². The summed E-state index contributed by atoms with van der Waals surface area (Å²) in [5.74, 6) is -1.85. The van der Waals surface area contributed by atoms with Gasteiger partial charge in [-0.2, -0.15) is 0 Å². The van der Waals surface area contributed by atoms with Crippen molar-refractivity contribution < 1.29 is 23.9 Å². The molecule has 2 aromatic carbocycles. The van der Waals surface area contributed by atoms with Crippen LogP contribution in [-0.4, -0.2) is 29.9 Å². The number of thiophene rings is 1. The highest BCUT2D eigenvalue weighted by Gasteiger charge is 2.33. The number of hydrogen-bond acceptors (Lipinski definition) is 6. The number of carbonyl (C=O) groups excluding carboxylic acids is 4. The lowest BCUT2D eigenvalue weighted by molar-refractivity contribution is 0.0474. The van der Waals surface area contributed by atoms with Crippen molar-refractivity contribution in [1.29, 1.82) is 0 Å². The first-order valence-electron chi connectivity index (χ1n) is 8.13. The number of rotatable bonds is 4. The lowest BCUT2D eigenvalue weighted by Crippen LogP contribution is -2.25. The monoisotopic (exact) mass is 376 g/mol. The quantitative estimate of drug-likeness (QED) is 0.402. The van der Waals surface area contributed by atoms with Crippen LogP contribution in [0.2, 0.25) is 0 Å². The zero-order valence-corrected chi connectivity index (χ0v) is 14.7. The topological polar surface area (TPSA) is 77.5 Å². The van der Waals surface area contributed by atoms with E-state index >= 15 is 0 Å². The molecule has 0 atom stereocenters. The van der Waals surface area contributed by atoms with Crippen LogP contribution >= 0.6 is 11.3 Å². The first-order chi connectivity index (χ1) is 13.1. The summed E-state index contributed by atoms with van der Waals surface area (Å²) in [4.78, 5) is 50.6. The van der Waals surface area contributed by atoms with Crippen LogP contribution in [-0.2, 0) is 4.74 Å². The molecular formula is C21H12O5S. The van der Waals surface area contributed by atoms with Crippen molar-refractivity contribution in [3.8, 4) is 0 Å². The zero-order chi connectivity index (χ0) is 19.0. The Balaban J connectivity index is 1.65. The first-order valence-corrected chi connectivity index (χ1v) is 9.01. The second kappa shape index (κ2) is 6.74. The molecule has 0 aliphatic heterocycles. The van der Waals surface area contributed by atoms with E-state index in [1.165, 1.54) is 29.5 Å². The average molecular weight is 376 g/mol. The molecule has 27 heavy (non-hydrogen) atoms. The minimum absolute atomic E-state index is 0.0145.